The van der Waals surface area contributed by atoms with Gasteiger partial charge in [-0.15, -0.1) is 0 Å². The number of carbonyl (C=O) groups is 4. The quantitative estimate of drug-likeness (QED) is 0.0731. The van der Waals surface area contributed by atoms with Gasteiger partial charge in [0.05, 0.1) is 75.6 Å². The molecule has 6 atom stereocenters. The van der Waals surface area contributed by atoms with Crippen molar-refractivity contribution in [1.29, 1.82) is 0 Å². The Labute approximate surface area is 387 Å². The van der Waals surface area contributed by atoms with E-state index in [0.717, 1.165) is 27.8 Å². The van der Waals surface area contributed by atoms with E-state index in [1.54, 1.807) is 64.8 Å². The molecule has 66 heavy (non-hydrogen) atoms. The number of allylic oxidation sites excluding steroid dienone is 2. The molecule has 1 saturated carbocycles. The lowest BCUT2D eigenvalue weighted by atomic mass is 9.57. The number of halogens is 1. The molecule has 5 aromatic rings. The van der Waals surface area contributed by atoms with Gasteiger partial charge in [-0.25, -0.2) is 0 Å². The smallest absolute Gasteiger partial charge is 0.238 e. The number of fused-ring (bicyclic) bond motifs is 4. The van der Waals surface area contributed by atoms with Gasteiger partial charge in [-0.2, -0.15) is 0 Å². The fourth-order valence-corrected chi connectivity index (χ4v) is 10.4. The van der Waals surface area contributed by atoms with Crippen LogP contribution in [0.15, 0.2) is 109 Å². The molecular formula is C53H47ClN2O10. The van der Waals surface area contributed by atoms with E-state index >= 15 is 0 Å². The predicted molar refractivity (Wildman–Crippen MR) is 252 cm³/mol. The molecule has 5 aromatic carbocycles. The zero-order chi connectivity index (χ0) is 46.4. The first-order chi connectivity index (χ1) is 32.0. The van der Waals surface area contributed by atoms with E-state index in [-0.39, 0.29) is 47.1 Å². The minimum absolute atomic E-state index is 0.0142. The normalized spacial score (nSPS) is 22.4. The number of amides is 4. The van der Waals surface area contributed by atoms with Crippen molar-refractivity contribution in [3.05, 3.63) is 142 Å². The van der Waals surface area contributed by atoms with Crippen molar-refractivity contribution < 1.29 is 48.0 Å². The zero-order valence-corrected chi connectivity index (χ0v) is 37.7. The lowest BCUT2D eigenvalue weighted by Gasteiger charge is -2.44. The molecule has 12 nitrogen and oxygen atoms in total. The van der Waals surface area contributed by atoms with Gasteiger partial charge in [0.1, 0.15) is 23.0 Å². The van der Waals surface area contributed by atoms with Crippen LogP contribution >= 0.6 is 11.6 Å². The summed E-state index contributed by atoms with van der Waals surface area (Å²) in [7, 11) is 7.80. The number of anilines is 2. The molecule has 336 valence electrons. The topological polar surface area (TPSA) is 141 Å². The first-order valence-electron chi connectivity index (χ1n) is 21.5. The first-order valence-corrected chi connectivity index (χ1v) is 21.9. The maximum atomic E-state index is 14.8. The molecule has 4 aliphatic rings. The number of aromatic hydroxyl groups is 1. The Morgan fingerprint density at radius 3 is 1.55 bits per heavy atom. The van der Waals surface area contributed by atoms with Crippen molar-refractivity contribution in [3.63, 3.8) is 0 Å². The number of imide groups is 2. The molecule has 2 aliphatic heterocycles. The van der Waals surface area contributed by atoms with E-state index in [2.05, 4.69) is 0 Å². The Balaban J connectivity index is 1.02. The maximum absolute atomic E-state index is 14.8. The molecule has 0 spiro atoms. The van der Waals surface area contributed by atoms with E-state index in [0.29, 0.717) is 39.9 Å². The molecule has 2 saturated heterocycles. The number of rotatable bonds is 12. The molecule has 2 aliphatic carbocycles. The standard InChI is InChI=1S/C53H47ClN2O10/c1-62-36-18-22-43(64-3)31(24-36)12-6-29-8-14-34(15-9-29)55-50(58)39-21-20-38-40(47(39)52(55)60)28-41-48(46(38)33-26-42(54)49(57)45(27-33)66-5)53(61)56(51(41)59)35-16-10-30(11-17-35)7-13-32-25-37(63-2)19-23-44(32)65-4/h6-20,22-27,39-41,46-48,57H,21,28H2,1-5H3/t39-,40+,41+,46-,47-,48+/m0/s1. The van der Waals surface area contributed by atoms with Crippen LogP contribution in [0, 0.1) is 29.6 Å². The molecule has 0 unspecified atom stereocenters. The molecule has 2 heterocycles. The van der Waals surface area contributed by atoms with Crippen LogP contribution in [0.2, 0.25) is 5.02 Å². The van der Waals surface area contributed by atoms with Crippen molar-refractivity contribution >= 4 is 70.9 Å². The molecule has 9 rings (SSSR count). The average molecular weight is 907 g/mol. The predicted octanol–water partition coefficient (Wildman–Crippen LogP) is 9.47. The summed E-state index contributed by atoms with van der Waals surface area (Å²) < 4.78 is 27.3. The molecule has 0 aromatic heterocycles. The van der Waals surface area contributed by atoms with E-state index in [9.17, 15) is 24.3 Å². The summed E-state index contributed by atoms with van der Waals surface area (Å²) in [6, 6.07) is 28.5. The number of phenols is 1. The molecule has 4 amide bonds. The third kappa shape index (κ3) is 7.64. The van der Waals surface area contributed by atoms with Crippen LogP contribution in [0.25, 0.3) is 24.3 Å². The molecule has 1 N–H and O–H groups in total. The van der Waals surface area contributed by atoms with Crippen molar-refractivity contribution in [2.75, 3.05) is 45.3 Å². The number of nitrogens with zero attached hydrogens (tertiary/aromatic N) is 2. The first kappa shape index (κ1) is 43.9. The number of ether oxygens (including phenoxy) is 5. The van der Waals surface area contributed by atoms with Crippen LogP contribution < -0.4 is 33.5 Å². The molecular weight excluding hydrogens is 860 g/mol. The van der Waals surface area contributed by atoms with Gasteiger partial charge < -0.3 is 28.8 Å². The van der Waals surface area contributed by atoms with Gasteiger partial charge in [0.15, 0.2) is 11.5 Å². The Bertz CT molecular complexity index is 2850. The van der Waals surface area contributed by atoms with Crippen molar-refractivity contribution in [2.45, 2.75) is 18.8 Å². The number of phenolic OH excluding ortho intramolecular Hbond substituents is 1. The van der Waals surface area contributed by atoms with Crippen LogP contribution in [-0.2, 0) is 19.2 Å². The Kier molecular flexibility index (Phi) is 11.9. The monoisotopic (exact) mass is 906 g/mol. The van der Waals surface area contributed by atoms with Gasteiger partial charge in [-0.3, -0.25) is 29.0 Å². The number of carbonyl (C=O) groups excluding carboxylic acids is 4. The van der Waals surface area contributed by atoms with Gasteiger partial charge >= 0.3 is 0 Å². The summed E-state index contributed by atoms with van der Waals surface area (Å²) in [6.45, 7) is 0. The van der Waals surface area contributed by atoms with Gasteiger partial charge in [-0.1, -0.05) is 71.8 Å². The second kappa shape index (κ2) is 17.9. The fraction of sp³-hybridized carbons (Fsp3) is 0.245. The van der Waals surface area contributed by atoms with Crippen LogP contribution in [-0.4, -0.2) is 64.3 Å². The van der Waals surface area contributed by atoms with Gasteiger partial charge in [0.2, 0.25) is 23.6 Å². The highest BCUT2D eigenvalue weighted by Gasteiger charge is 2.62. The molecule has 0 radical (unpaired) electrons. The largest absolute Gasteiger partial charge is 0.503 e. The summed E-state index contributed by atoms with van der Waals surface area (Å²) >= 11 is 6.59. The molecule has 0 bridgehead atoms. The Hall–Kier alpha value is -7.31. The summed E-state index contributed by atoms with van der Waals surface area (Å²) in [5.74, 6) is -3.27. The van der Waals surface area contributed by atoms with Gasteiger partial charge in [-0.05, 0) is 108 Å². The van der Waals surface area contributed by atoms with Crippen molar-refractivity contribution in [3.8, 4) is 34.5 Å². The summed E-state index contributed by atoms with van der Waals surface area (Å²) in [5, 5.41) is 10.8. The number of methoxy groups -OCH3 is 5. The van der Waals surface area contributed by atoms with E-state index < -0.39 is 41.4 Å². The van der Waals surface area contributed by atoms with Crippen molar-refractivity contribution in [2.24, 2.45) is 29.6 Å². The molecule has 3 fully saturated rings. The van der Waals surface area contributed by atoms with E-state index in [1.807, 2.05) is 91.0 Å². The summed E-state index contributed by atoms with van der Waals surface area (Å²) in [6.07, 6.45) is 10.0. The van der Waals surface area contributed by atoms with Crippen molar-refractivity contribution in [1.82, 2.24) is 0 Å². The highest BCUT2D eigenvalue weighted by molar-refractivity contribution is 6.32. The van der Waals surface area contributed by atoms with Gasteiger partial charge in [0.25, 0.3) is 0 Å². The third-order valence-electron chi connectivity index (χ3n) is 13.4. The maximum Gasteiger partial charge on any atom is 0.238 e. The second-order valence-corrected chi connectivity index (χ2v) is 17.1. The average Bonchev–Trinajstić information content (AvgIpc) is 3.75. The number of benzene rings is 5. The van der Waals surface area contributed by atoms with E-state index in [1.165, 1.54) is 16.9 Å². The van der Waals surface area contributed by atoms with Crippen LogP contribution in [0.3, 0.4) is 0 Å². The highest BCUT2D eigenvalue weighted by atomic mass is 35.5. The highest BCUT2D eigenvalue weighted by Crippen LogP contribution is 2.59. The third-order valence-corrected chi connectivity index (χ3v) is 13.7. The SMILES string of the molecule is COc1ccc(OC)c(C=Cc2ccc(N3C(=O)[C@H]4[C@H](CC=C5[C@H]4C[C@H]4C(=O)N(c6ccc(C=Cc7cc(OC)ccc7OC)cc6)C(=O)[C@H]4[C@H]5c4cc(Cl)c(O)c(OC)c4)C3=O)cc2)c1. The minimum atomic E-state index is -0.859. The lowest BCUT2D eigenvalue weighted by Crippen LogP contribution is -2.43. The minimum Gasteiger partial charge on any atom is -0.503 e. The zero-order valence-electron chi connectivity index (χ0n) is 36.9. The summed E-state index contributed by atoms with van der Waals surface area (Å²) in [4.78, 5) is 61.1. The summed E-state index contributed by atoms with van der Waals surface area (Å²) in [5.41, 5.74) is 5.47. The van der Waals surface area contributed by atoms with E-state index in [4.69, 9.17) is 35.3 Å². The van der Waals surface area contributed by atoms with Gasteiger partial charge in [0, 0.05) is 17.0 Å². The van der Waals surface area contributed by atoms with Crippen LogP contribution in [0.5, 0.6) is 34.5 Å². The Morgan fingerprint density at radius 1 is 0.545 bits per heavy atom. The van der Waals surface area contributed by atoms with Crippen LogP contribution in [0.4, 0.5) is 11.4 Å². The number of hydrogen-bond acceptors (Lipinski definition) is 10. The molecule has 13 heteroatoms. The van der Waals surface area contributed by atoms with Crippen LogP contribution in [0.1, 0.15) is 46.6 Å². The second-order valence-electron chi connectivity index (χ2n) is 16.7. The number of hydrogen-bond donors (Lipinski definition) is 1. The fourth-order valence-electron chi connectivity index (χ4n) is 10.2. The lowest BCUT2D eigenvalue weighted by molar-refractivity contribution is -0.126. The Morgan fingerprint density at radius 2 is 1.05 bits per heavy atom.